The first-order valence-electron chi connectivity index (χ1n) is 10.4. The maximum atomic E-state index is 13.6. The summed E-state index contributed by atoms with van der Waals surface area (Å²) < 4.78 is 16.5. The van der Waals surface area contributed by atoms with Gasteiger partial charge in [-0.1, -0.05) is 5.16 Å². The molecule has 2 aromatic heterocycles. The van der Waals surface area contributed by atoms with Crippen LogP contribution in [-0.2, 0) is 0 Å². The van der Waals surface area contributed by atoms with Gasteiger partial charge in [-0.2, -0.15) is 0 Å². The van der Waals surface area contributed by atoms with Crippen molar-refractivity contribution in [1.29, 1.82) is 0 Å². The largest absolute Gasteiger partial charge is 0.454 e. The Morgan fingerprint density at radius 1 is 1.13 bits per heavy atom. The quantitative estimate of drug-likeness (QED) is 0.647. The van der Waals surface area contributed by atoms with E-state index in [4.69, 9.17) is 14.0 Å². The molecule has 0 radical (unpaired) electrons. The number of benzene rings is 1. The highest BCUT2D eigenvalue weighted by Crippen LogP contribution is 2.38. The summed E-state index contributed by atoms with van der Waals surface area (Å²) in [5.41, 5.74) is 3.11. The molecule has 1 amide bonds. The third kappa shape index (κ3) is 2.74. The second-order valence-corrected chi connectivity index (χ2v) is 8.17. The number of carbonyl (C=O) groups excluding carboxylic acids is 1. The Hall–Kier alpha value is -3.13. The predicted molar refractivity (Wildman–Crippen MR) is 109 cm³/mol. The van der Waals surface area contributed by atoms with Gasteiger partial charge in [-0.3, -0.25) is 9.69 Å². The fourth-order valence-corrected chi connectivity index (χ4v) is 4.83. The Labute approximate surface area is 173 Å². The summed E-state index contributed by atoms with van der Waals surface area (Å²) in [5.74, 6) is 1.38. The number of pyridine rings is 1. The fourth-order valence-electron chi connectivity index (χ4n) is 4.83. The minimum atomic E-state index is 0.0160. The molecule has 8 nitrogen and oxygen atoms in total. The van der Waals surface area contributed by atoms with E-state index in [1.165, 1.54) is 6.42 Å². The van der Waals surface area contributed by atoms with E-state index in [0.29, 0.717) is 39.9 Å². The maximum absolute atomic E-state index is 13.6. The highest BCUT2D eigenvalue weighted by Gasteiger charge is 2.34. The molecule has 8 heteroatoms. The number of ether oxygens (including phenoxy) is 2. The molecular weight excluding hydrogens is 384 g/mol. The molecule has 2 saturated heterocycles. The van der Waals surface area contributed by atoms with Crippen molar-refractivity contribution < 1.29 is 18.8 Å². The van der Waals surface area contributed by atoms with Gasteiger partial charge in [-0.15, -0.1) is 0 Å². The lowest BCUT2D eigenvalue weighted by Crippen LogP contribution is -2.52. The molecule has 0 spiro atoms. The second-order valence-electron chi connectivity index (χ2n) is 8.17. The third-order valence-electron chi connectivity index (χ3n) is 6.33. The number of piperazine rings is 1. The van der Waals surface area contributed by atoms with Crippen molar-refractivity contribution in [1.82, 2.24) is 19.9 Å². The summed E-state index contributed by atoms with van der Waals surface area (Å²) in [6.07, 6.45) is 2.37. The Morgan fingerprint density at radius 3 is 2.97 bits per heavy atom. The van der Waals surface area contributed by atoms with Crippen LogP contribution >= 0.6 is 0 Å². The summed E-state index contributed by atoms with van der Waals surface area (Å²) in [5, 5.41) is 4.91. The van der Waals surface area contributed by atoms with Crippen molar-refractivity contribution in [2.24, 2.45) is 0 Å². The van der Waals surface area contributed by atoms with E-state index in [1.54, 1.807) is 0 Å². The number of rotatable bonds is 2. The summed E-state index contributed by atoms with van der Waals surface area (Å²) in [4.78, 5) is 22.5. The molecule has 2 fully saturated rings. The van der Waals surface area contributed by atoms with E-state index in [-0.39, 0.29) is 12.7 Å². The number of amides is 1. The standard InChI is InChI=1S/C22H22N4O4/c1-13-9-16(22(27)26-8-7-25-6-2-3-15(25)11-26)19-20(24-30-21(19)23-13)14-4-5-17-18(10-14)29-12-28-17/h4-5,9-10,15H,2-3,6-8,11-12H2,1H3/t15-/m1/s1. The predicted octanol–water partition coefficient (Wildman–Crippen LogP) is 2.85. The van der Waals surface area contributed by atoms with Gasteiger partial charge in [0.25, 0.3) is 11.6 Å². The zero-order valence-corrected chi connectivity index (χ0v) is 16.8. The first-order chi connectivity index (χ1) is 14.7. The van der Waals surface area contributed by atoms with Crippen LogP contribution in [0.2, 0.25) is 0 Å². The highest BCUT2D eigenvalue weighted by atomic mass is 16.7. The van der Waals surface area contributed by atoms with Crippen molar-refractivity contribution >= 4 is 17.0 Å². The van der Waals surface area contributed by atoms with Crippen LogP contribution in [0.1, 0.15) is 28.9 Å². The summed E-state index contributed by atoms with van der Waals surface area (Å²) in [6, 6.07) is 7.93. The molecule has 0 N–H and O–H groups in total. The zero-order chi connectivity index (χ0) is 20.2. The Balaban J connectivity index is 1.42. The summed E-state index contributed by atoms with van der Waals surface area (Å²) in [6.45, 7) is 5.66. The van der Waals surface area contributed by atoms with E-state index in [9.17, 15) is 4.79 Å². The van der Waals surface area contributed by atoms with Crippen molar-refractivity contribution in [3.63, 3.8) is 0 Å². The molecule has 6 rings (SSSR count). The topological polar surface area (TPSA) is 80.9 Å². The Bertz CT molecular complexity index is 1160. The van der Waals surface area contributed by atoms with Gasteiger partial charge < -0.3 is 18.9 Å². The van der Waals surface area contributed by atoms with Crippen LogP contribution in [0, 0.1) is 6.92 Å². The third-order valence-corrected chi connectivity index (χ3v) is 6.33. The fraction of sp³-hybridized carbons (Fsp3) is 0.409. The molecule has 5 heterocycles. The molecule has 3 aliphatic rings. The van der Waals surface area contributed by atoms with Gasteiger partial charge in [0.2, 0.25) is 6.79 Å². The van der Waals surface area contributed by atoms with Crippen LogP contribution in [0.4, 0.5) is 0 Å². The van der Waals surface area contributed by atoms with Crippen molar-refractivity contribution in [2.75, 3.05) is 33.0 Å². The molecular formula is C22H22N4O4. The number of hydrogen-bond acceptors (Lipinski definition) is 7. The van der Waals surface area contributed by atoms with E-state index in [2.05, 4.69) is 15.0 Å². The van der Waals surface area contributed by atoms with Gasteiger partial charge >= 0.3 is 0 Å². The van der Waals surface area contributed by atoms with Crippen LogP contribution in [-0.4, -0.2) is 64.9 Å². The average Bonchev–Trinajstić information content (AvgIpc) is 3.49. The van der Waals surface area contributed by atoms with Crippen LogP contribution in [0.3, 0.4) is 0 Å². The van der Waals surface area contributed by atoms with Gasteiger partial charge in [-0.05, 0) is 50.6 Å². The summed E-state index contributed by atoms with van der Waals surface area (Å²) >= 11 is 0. The summed E-state index contributed by atoms with van der Waals surface area (Å²) in [7, 11) is 0. The number of carbonyl (C=O) groups is 1. The normalized spacial score (nSPS) is 20.7. The highest BCUT2D eigenvalue weighted by molar-refractivity contribution is 6.09. The van der Waals surface area contributed by atoms with Gasteiger partial charge in [0.05, 0.1) is 10.9 Å². The number of nitrogens with zero attached hydrogens (tertiary/aromatic N) is 4. The monoisotopic (exact) mass is 406 g/mol. The van der Waals surface area contributed by atoms with Crippen molar-refractivity contribution in [3.8, 4) is 22.8 Å². The smallest absolute Gasteiger partial charge is 0.259 e. The van der Waals surface area contributed by atoms with Crippen LogP contribution in [0.25, 0.3) is 22.4 Å². The van der Waals surface area contributed by atoms with E-state index >= 15 is 0 Å². The van der Waals surface area contributed by atoms with Gasteiger partial charge in [0.15, 0.2) is 11.5 Å². The Morgan fingerprint density at radius 2 is 2.03 bits per heavy atom. The van der Waals surface area contributed by atoms with Crippen LogP contribution in [0.15, 0.2) is 28.8 Å². The average molecular weight is 406 g/mol. The van der Waals surface area contributed by atoms with Gasteiger partial charge in [0, 0.05) is 36.9 Å². The van der Waals surface area contributed by atoms with Crippen LogP contribution < -0.4 is 9.47 Å². The van der Waals surface area contributed by atoms with Crippen molar-refractivity contribution in [2.45, 2.75) is 25.8 Å². The molecule has 0 saturated carbocycles. The number of aromatic nitrogens is 2. The first kappa shape index (κ1) is 17.7. The number of aryl methyl sites for hydroxylation is 1. The first-order valence-corrected chi connectivity index (χ1v) is 10.4. The van der Waals surface area contributed by atoms with E-state index < -0.39 is 0 Å². The number of fused-ring (bicyclic) bond motifs is 3. The lowest BCUT2D eigenvalue weighted by atomic mass is 10.0. The van der Waals surface area contributed by atoms with Gasteiger partial charge in [-0.25, -0.2) is 4.98 Å². The molecule has 3 aliphatic heterocycles. The SMILES string of the molecule is Cc1cc(C(=O)N2CCN3CCC[C@@H]3C2)c2c(-c3ccc4c(c3)OCO4)noc2n1. The van der Waals surface area contributed by atoms with E-state index in [1.807, 2.05) is 36.1 Å². The lowest BCUT2D eigenvalue weighted by molar-refractivity contribution is 0.0573. The molecule has 154 valence electrons. The van der Waals surface area contributed by atoms with Crippen molar-refractivity contribution in [3.05, 3.63) is 35.5 Å². The van der Waals surface area contributed by atoms with E-state index in [0.717, 1.165) is 43.9 Å². The molecule has 0 aliphatic carbocycles. The number of hydrogen-bond donors (Lipinski definition) is 0. The second kappa shape index (κ2) is 6.70. The maximum Gasteiger partial charge on any atom is 0.259 e. The molecule has 1 aromatic carbocycles. The van der Waals surface area contributed by atoms with Crippen LogP contribution in [0.5, 0.6) is 11.5 Å². The molecule has 3 aromatic rings. The molecule has 30 heavy (non-hydrogen) atoms. The minimum Gasteiger partial charge on any atom is -0.454 e. The zero-order valence-electron chi connectivity index (χ0n) is 16.8. The lowest BCUT2D eigenvalue weighted by Gasteiger charge is -2.37. The molecule has 0 bridgehead atoms. The Kier molecular flexibility index (Phi) is 3.95. The minimum absolute atomic E-state index is 0.0160. The van der Waals surface area contributed by atoms with Gasteiger partial charge in [0.1, 0.15) is 5.69 Å². The molecule has 0 unspecified atom stereocenters. The molecule has 1 atom stereocenters.